The zero-order chi connectivity index (χ0) is 20.9. The zero-order valence-electron chi connectivity index (χ0n) is 17.3. The van der Waals surface area contributed by atoms with Crippen LogP contribution in [0.15, 0.2) is 36.5 Å². The Kier molecular flexibility index (Phi) is 4.75. The second-order valence-electron chi connectivity index (χ2n) is 9.33. The number of hydrogen-bond acceptors (Lipinski definition) is 5. The summed E-state index contributed by atoms with van der Waals surface area (Å²) >= 11 is 6.26. The van der Waals surface area contributed by atoms with E-state index in [2.05, 4.69) is 24.0 Å². The number of hydrogen-bond donors (Lipinski definition) is 0. The van der Waals surface area contributed by atoms with Crippen molar-refractivity contribution in [2.45, 2.75) is 44.8 Å². The summed E-state index contributed by atoms with van der Waals surface area (Å²) in [5, 5.41) is 8.50. The summed E-state index contributed by atoms with van der Waals surface area (Å²) in [4.78, 5) is 14.6. The van der Waals surface area contributed by atoms with Gasteiger partial charge in [-0.1, -0.05) is 11.6 Å². The molecule has 0 radical (unpaired) electrons. The van der Waals surface area contributed by atoms with Gasteiger partial charge in [-0.3, -0.25) is 4.79 Å². The summed E-state index contributed by atoms with van der Waals surface area (Å²) < 4.78 is 12.9. The number of nitrogens with zero attached hydrogens (tertiary/aromatic N) is 3. The van der Waals surface area contributed by atoms with Crippen LogP contribution in [0.25, 0.3) is 0 Å². The normalized spacial score (nSPS) is 26.4. The molecule has 5 rings (SSSR count). The highest BCUT2D eigenvalue weighted by molar-refractivity contribution is 6.30. The van der Waals surface area contributed by atoms with Crippen molar-refractivity contribution in [3.63, 3.8) is 0 Å². The number of piperidine rings is 1. The molecular formula is C23H26ClN3O3. The number of aromatic nitrogens is 2. The molecule has 2 atom stereocenters. The topological polar surface area (TPSA) is 64.6 Å². The van der Waals surface area contributed by atoms with Crippen molar-refractivity contribution in [1.82, 2.24) is 15.1 Å². The monoisotopic (exact) mass is 427 g/mol. The molecule has 4 heterocycles. The van der Waals surface area contributed by atoms with Gasteiger partial charge in [0.2, 0.25) is 0 Å². The van der Waals surface area contributed by atoms with Crippen LogP contribution in [0, 0.1) is 11.3 Å². The van der Waals surface area contributed by atoms with Gasteiger partial charge >= 0.3 is 0 Å². The Hall–Kier alpha value is -2.18. The highest BCUT2D eigenvalue weighted by Crippen LogP contribution is 2.55. The fraction of sp³-hybridized carbons (Fsp3) is 0.522. The van der Waals surface area contributed by atoms with Gasteiger partial charge in [-0.25, -0.2) is 0 Å². The summed E-state index contributed by atoms with van der Waals surface area (Å²) in [6.07, 6.45) is 4.43. The first-order chi connectivity index (χ1) is 14.4. The van der Waals surface area contributed by atoms with E-state index in [-0.39, 0.29) is 28.9 Å². The van der Waals surface area contributed by atoms with Crippen LogP contribution >= 0.6 is 11.6 Å². The minimum absolute atomic E-state index is 0.00710. The Morgan fingerprint density at radius 3 is 2.77 bits per heavy atom. The first-order valence-electron chi connectivity index (χ1n) is 10.5. The largest absolute Gasteiger partial charge is 0.487 e. The van der Waals surface area contributed by atoms with Gasteiger partial charge < -0.3 is 14.4 Å². The Morgan fingerprint density at radius 1 is 1.23 bits per heavy atom. The van der Waals surface area contributed by atoms with Crippen molar-refractivity contribution in [1.29, 1.82) is 0 Å². The molecule has 158 valence electrons. The van der Waals surface area contributed by atoms with E-state index in [1.54, 1.807) is 18.3 Å². The second kappa shape index (κ2) is 7.20. The van der Waals surface area contributed by atoms with Crippen LogP contribution in [-0.4, -0.2) is 46.3 Å². The lowest BCUT2D eigenvalue weighted by atomic mass is 9.64. The van der Waals surface area contributed by atoms with Crippen LogP contribution < -0.4 is 4.74 Å². The molecule has 0 unspecified atom stereocenters. The minimum atomic E-state index is -0.328. The first kappa shape index (κ1) is 19.8. The molecule has 0 aliphatic carbocycles. The number of carbonyl (C=O) groups excluding carboxylic acids is 1. The molecule has 3 aliphatic heterocycles. The third-order valence-corrected chi connectivity index (χ3v) is 7.27. The van der Waals surface area contributed by atoms with Crippen LogP contribution in [0.1, 0.15) is 55.3 Å². The van der Waals surface area contributed by atoms with Crippen molar-refractivity contribution < 1.29 is 14.3 Å². The summed E-state index contributed by atoms with van der Waals surface area (Å²) in [5.41, 5.74) is 1.20. The number of rotatable bonds is 1. The third kappa shape index (κ3) is 3.36. The van der Waals surface area contributed by atoms with Crippen molar-refractivity contribution in [3.05, 3.63) is 52.8 Å². The summed E-state index contributed by atoms with van der Waals surface area (Å²) in [6, 6.07) is 9.25. The molecule has 2 saturated heterocycles. The summed E-state index contributed by atoms with van der Waals surface area (Å²) in [5.74, 6) is 1.06. The molecule has 0 bridgehead atoms. The van der Waals surface area contributed by atoms with Gasteiger partial charge in [-0.15, -0.1) is 5.10 Å². The van der Waals surface area contributed by atoms with E-state index in [0.29, 0.717) is 30.4 Å². The Labute approximate surface area is 181 Å². The third-order valence-electron chi connectivity index (χ3n) is 7.03. The maximum atomic E-state index is 12.7. The summed E-state index contributed by atoms with van der Waals surface area (Å²) in [6.45, 7) is 6.41. The van der Waals surface area contributed by atoms with Crippen molar-refractivity contribution >= 4 is 17.5 Å². The lowest BCUT2D eigenvalue weighted by molar-refractivity contribution is -0.173. The Morgan fingerprint density at radius 2 is 2.03 bits per heavy atom. The molecular weight excluding hydrogens is 402 g/mol. The van der Waals surface area contributed by atoms with E-state index in [0.717, 1.165) is 30.6 Å². The van der Waals surface area contributed by atoms with Crippen LogP contribution in [0.3, 0.4) is 0 Å². The highest BCUT2D eigenvalue weighted by Gasteiger charge is 2.53. The SMILES string of the molecule is CC1(C)Oc2ccc(Cl)cc2[C@H]2OCC3(CCN(C(=O)c4cccnn4)CC3)C[C@@H]21. The fourth-order valence-electron chi connectivity index (χ4n) is 5.24. The Balaban J connectivity index is 1.33. The van der Waals surface area contributed by atoms with E-state index in [9.17, 15) is 4.79 Å². The number of halogens is 1. The van der Waals surface area contributed by atoms with Gasteiger partial charge in [0, 0.05) is 35.8 Å². The van der Waals surface area contributed by atoms with E-state index < -0.39 is 0 Å². The molecule has 1 aromatic carbocycles. The molecule has 1 amide bonds. The van der Waals surface area contributed by atoms with Crippen LogP contribution in [0.4, 0.5) is 0 Å². The maximum Gasteiger partial charge on any atom is 0.274 e. The molecule has 0 N–H and O–H groups in total. The van der Waals surface area contributed by atoms with Crippen LogP contribution in [-0.2, 0) is 4.74 Å². The lowest BCUT2D eigenvalue weighted by Crippen LogP contribution is -2.54. The number of fused-ring (bicyclic) bond motifs is 3. The van der Waals surface area contributed by atoms with Gasteiger partial charge in [0.1, 0.15) is 11.4 Å². The van der Waals surface area contributed by atoms with Gasteiger partial charge in [0.05, 0.1) is 12.7 Å². The molecule has 1 aromatic heterocycles. The standard InChI is InChI=1S/C23H26ClN3O3/c1-22(2)17-13-23(14-29-20(17)16-12-15(24)5-6-19(16)30-22)7-10-27(11-8-23)21(28)18-4-3-9-25-26-18/h3-6,9,12,17,20H,7-8,10-11,13-14H2,1-2H3/t17-,20+/m0/s1. The predicted molar refractivity (Wildman–Crippen MR) is 113 cm³/mol. The smallest absolute Gasteiger partial charge is 0.274 e. The molecule has 2 fully saturated rings. The maximum absolute atomic E-state index is 12.7. The van der Waals surface area contributed by atoms with E-state index in [1.807, 2.05) is 23.1 Å². The predicted octanol–water partition coefficient (Wildman–Crippen LogP) is 4.30. The van der Waals surface area contributed by atoms with Gasteiger partial charge in [-0.2, -0.15) is 5.10 Å². The second-order valence-corrected chi connectivity index (χ2v) is 9.77. The molecule has 3 aliphatic rings. The van der Waals surface area contributed by atoms with E-state index >= 15 is 0 Å². The van der Waals surface area contributed by atoms with Crippen molar-refractivity contribution in [3.8, 4) is 5.75 Å². The van der Waals surface area contributed by atoms with Crippen LogP contribution in [0.2, 0.25) is 5.02 Å². The molecule has 1 spiro atoms. The Bertz CT molecular complexity index is 957. The van der Waals surface area contributed by atoms with Crippen molar-refractivity contribution in [2.75, 3.05) is 19.7 Å². The van der Waals surface area contributed by atoms with Gasteiger partial charge in [0.15, 0.2) is 5.69 Å². The molecule has 2 aromatic rings. The van der Waals surface area contributed by atoms with Gasteiger partial charge in [-0.05, 0) is 68.9 Å². The van der Waals surface area contributed by atoms with E-state index in [4.69, 9.17) is 21.1 Å². The van der Waals surface area contributed by atoms with Crippen LogP contribution in [0.5, 0.6) is 5.75 Å². The van der Waals surface area contributed by atoms with Crippen molar-refractivity contribution in [2.24, 2.45) is 11.3 Å². The molecule has 7 heteroatoms. The number of ether oxygens (including phenoxy) is 2. The number of carbonyl (C=O) groups is 1. The fourth-order valence-corrected chi connectivity index (χ4v) is 5.42. The average molecular weight is 428 g/mol. The number of likely N-dealkylation sites (tertiary alicyclic amines) is 1. The van der Waals surface area contributed by atoms with Gasteiger partial charge in [0.25, 0.3) is 5.91 Å². The number of amides is 1. The molecule has 30 heavy (non-hydrogen) atoms. The zero-order valence-corrected chi connectivity index (χ0v) is 18.1. The average Bonchev–Trinajstić information content (AvgIpc) is 2.75. The first-order valence-corrected chi connectivity index (χ1v) is 10.9. The minimum Gasteiger partial charge on any atom is -0.487 e. The number of benzene rings is 1. The molecule has 0 saturated carbocycles. The lowest BCUT2D eigenvalue weighted by Gasteiger charge is -2.54. The quantitative estimate of drug-likeness (QED) is 0.678. The summed E-state index contributed by atoms with van der Waals surface area (Å²) in [7, 11) is 0. The van der Waals surface area contributed by atoms with E-state index in [1.165, 1.54) is 0 Å². The molecule has 6 nitrogen and oxygen atoms in total. The highest BCUT2D eigenvalue weighted by atomic mass is 35.5.